The molecule has 4 heteroatoms. The Bertz CT molecular complexity index is 507. The molecule has 0 spiro atoms. The second-order valence-electron chi connectivity index (χ2n) is 3.87. The van der Waals surface area contributed by atoms with Gasteiger partial charge in [-0.25, -0.2) is 4.98 Å². The molecule has 1 aromatic heterocycles. The van der Waals surface area contributed by atoms with E-state index in [0.717, 1.165) is 15.4 Å². The molecule has 88 valence electrons. The first-order valence-corrected chi connectivity index (χ1v) is 6.20. The Kier molecular flexibility index (Phi) is 3.54. The van der Waals surface area contributed by atoms with Crippen LogP contribution in [0.2, 0.25) is 0 Å². The highest BCUT2D eigenvalue weighted by Gasteiger charge is 2.12. The van der Waals surface area contributed by atoms with E-state index in [9.17, 15) is 4.79 Å². The molecule has 0 unspecified atom stereocenters. The van der Waals surface area contributed by atoms with Gasteiger partial charge >= 0.3 is 0 Å². The molecule has 2 rings (SSSR count). The first kappa shape index (κ1) is 11.8. The lowest BCUT2D eigenvalue weighted by atomic mass is 10.2. The van der Waals surface area contributed by atoms with E-state index in [1.165, 1.54) is 0 Å². The lowest BCUT2D eigenvalue weighted by molar-refractivity contribution is 0.0786. The molecule has 3 nitrogen and oxygen atoms in total. The molecule has 0 atom stereocenters. The highest BCUT2D eigenvalue weighted by molar-refractivity contribution is 7.11. The van der Waals surface area contributed by atoms with E-state index >= 15 is 0 Å². The van der Waals surface area contributed by atoms with Gasteiger partial charge in [-0.2, -0.15) is 0 Å². The zero-order valence-corrected chi connectivity index (χ0v) is 10.7. The number of aryl methyl sites for hydroxylation is 1. The zero-order chi connectivity index (χ0) is 12.3. The molecule has 1 aromatic carbocycles. The monoisotopic (exact) mass is 246 g/mol. The van der Waals surface area contributed by atoms with Crippen molar-refractivity contribution in [2.75, 3.05) is 7.05 Å². The van der Waals surface area contributed by atoms with Gasteiger partial charge in [0, 0.05) is 23.7 Å². The van der Waals surface area contributed by atoms with Gasteiger partial charge in [-0.05, 0) is 19.1 Å². The Hall–Kier alpha value is -1.68. The summed E-state index contributed by atoms with van der Waals surface area (Å²) in [6, 6.07) is 9.31. The lowest BCUT2D eigenvalue weighted by Gasteiger charge is -2.15. The van der Waals surface area contributed by atoms with E-state index < -0.39 is 0 Å². The maximum Gasteiger partial charge on any atom is 0.253 e. The van der Waals surface area contributed by atoms with Crippen molar-refractivity contribution >= 4 is 17.2 Å². The number of nitrogens with zero attached hydrogens (tertiary/aromatic N) is 2. The molecule has 0 aliphatic carbocycles. The topological polar surface area (TPSA) is 33.2 Å². The Morgan fingerprint density at radius 3 is 2.65 bits per heavy atom. The third-order valence-corrected chi connectivity index (χ3v) is 3.33. The minimum absolute atomic E-state index is 0.0386. The largest absolute Gasteiger partial charge is 0.337 e. The van der Waals surface area contributed by atoms with Gasteiger partial charge in [0.2, 0.25) is 0 Å². The van der Waals surface area contributed by atoms with Crippen LogP contribution in [0.25, 0.3) is 0 Å². The third-order valence-electron chi connectivity index (χ3n) is 2.43. The molecular weight excluding hydrogens is 232 g/mol. The zero-order valence-electron chi connectivity index (χ0n) is 9.88. The van der Waals surface area contributed by atoms with Gasteiger partial charge in [-0.15, -0.1) is 11.3 Å². The van der Waals surface area contributed by atoms with Gasteiger partial charge < -0.3 is 4.90 Å². The van der Waals surface area contributed by atoms with Crippen LogP contribution in [0.5, 0.6) is 0 Å². The quantitative estimate of drug-likeness (QED) is 0.834. The summed E-state index contributed by atoms with van der Waals surface area (Å²) in [5, 5.41) is 1.03. The van der Waals surface area contributed by atoms with Gasteiger partial charge in [0.1, 0.15) is 0 Å². The van der Waals surface area contributed by atoms with E-state index in [1.807, 2.05) is 50.5 Å². The van der Waals surface area contributed by atoms with Crippen LogP contribution in [-0.2, 0) is 6.54 Å². The standard InChI is InChI=1S/C13H14N2OS/c1-10-14-8-12(17-10)9-15(2)13(16)11-6-4-3-5-7-11/h3-8H,9H2,1-2H3. The molecule has 17 heavy (non-hydrogen) atoms. The van der Waals surface area contributed by atoms with Crippen LogP contribution in [0.1, 0.15) is 20.2 Å². The van der Waals surface area contributed by atoms with E-state index in [4.69, 9.17) is 0 Å². The number of hydrogen-bond donors (Lipinski definition) is 0. The highest BCUT2D eigenvalue weighted by atomic mass is 32.1. The molecule has 0 radical (unpaired) electrons. The molecular formula is C13H14N2OS. The second kappa shape index (κ2) is 5.10. The molecule has 0 aliphatic rings. The SMILES string of the molecule is Cc1ncc(CN(C)C(=O)c2ccccc2)s1. The summed E-state index contributed by atoms with van der Waals surface area (Å²) in [7, 11) is 1.81. The summed E-state index contributed by atoms with van der Waals surface area (Å²) in [4.78, 5) is 19.1. The van der Waals surface area contributed by atoms with Crippen LogP contribution < -0.4 is 0 Å². The van der Waals surface area contributed by atoms with Crippen molar-refractivity contribution in [3.63, 3.8) is 0 Å². The first-order chi connectivity index (χ1) is 8.16. The van der Waals surface area contributed by atoms with Gasteiger partial charge in [0.15, 0.2) is 0 Å². The van der Waals surface area contributed by atoms with E-state index in [1.54, 1.807) is 16.2 Å². The van der Waals surface area contributed by atoms with Crippen LogP contribution in [0.4, 0.5) is 0 Å². The summed E-state index contributed by atoms with van der Waals surface area (Å²) in [5.41, 5.74) is 0.719. The van der Waals surface area contributed by atoms with E-state index in [-0.39, 0.29) is 5.91 Å². The molecule has 1 heterocycles. The average molecular weight is 246 g/mol. The average Bonchev–Trinajstić information content (AvgIpc) is 2.75. The summed E-state index contributed by atoms with van der Waals surface area (Å²) in [6.07, 6.45) is 1.83. The second-order valence-corrected chi connectivity index (χ2v) is 5.19. The van der Waals surface area contributed by atoms with E-state index in [2.05, 4.69) is 4.98 Å². The summed E-state index contributed by atoms with van der Waals surface area (Å²) < 4.78 is 0. The van der Waals surface area contributed by atoms with Gasteiger partial charge in [0.05, 0.1) is 11.6 Å². The number of hydrogen-bond acceptors (Lipinski definition) is 3. The fourth-order valence-electron chi connectivity index (χ4n) is 1.59. The van der Waals surface area contributed by atoms with Crippen LogP contribution in [0, 0.1) is 6.92 Å². The van der Waals surface area contributed by atoms with Gasteiger partial charge in [-0.3, -0.25) is 4.79 Å². The number of benzene rings is 1. The number of amides is 1. The Labute approximate surface area is 105 Å². The Morgan fingerprint density at radius 2 is 2.06 bits per heavy atom. The Balaban J connectivity index is 2.06. The Morgan fingerprint density at radius 1 is 1.35 bits per heavy atom. The number of aromatic nitrogens is 1. The predicted molar refractivity (Wildman–Crippen MR) is 69.1 cm³/mol. The molecule has 0 N–H and O–H groups in total. The van der Waals surface area contributed by atoms with Crippen molar-refractivity contribution in [3.8, 4) is 0 Å². The highest BCUT2D eigenvalue weighted by Crippen LogP contribution is 2.14. The normalized spacial score (nSPS) is 10.2. The summed E-state index contributed by atoms with van der Waals surface area (Å²) >= 11 is 1.62. The van der Waals surface area contributed by atoms with E-state index in [0.29, 0.717) is 6.54 Å². The minimum atomic E-state index is 0.0386. The number of rotatable bonds is 3. The van der Waals surface area contributed by atoms with Crippen molar-refractivity contribution in [3.05, 3.63) is 52.0 Å². The predicted octanol–water partition coefficient (Wildman–Crippen LogP) is 2.72. The van der Waals surface area contributed by atoms with Crippen molar-refractivity contribution in [2.24, 2.45) is 0 Å². The van der Waals surface area contributed by atoms with Gasteiger partial charge in [-0.1, -0.05) is 18.2 Å². The molecule has 0 bridgehead atoms. The van der Waals surface area contributed by atoms with Crippen LogP contribution in [0.3, 0.4) is 0 Å². The molecule has 0 saturated heterocycles. The summed E-state index contributed by atoms with van der Waals surface area (Å²) in [5.74, 6) is 0.0386. The number of carbonyl (C=O) groups is 1. The van der Waals surface area contributed by atoms with Crippen molar-refractivity contribution < 1.29 is 4.79 Å². The molecule has 0 fully saturated rings. The third kappa shape index (κ3) is 2.91. The van der Waals surface area contributed by atoms with Crippen molar-refractivity contribution in [1.29, 1.82) is 0 Å². The van der Waals surface area contributed by atoms with Crippen molar-refractivity contribution in [1.82, 2.24) is 9.88 Å². The first-order valence-electron chi connectivity index (χ1n) is 5.38. The van der Waals surface area contributed by atoms with Gasteiger partial charge in [0.25, 0.3) is 5.91 Å². The van der Waals surface area contributed by atoms with Crippen LogP contribution in [0.15, 0.2) is 36.5 Å². The van der Waals surface area contributed by atoms with Crippen LogP contribution >= 0.6 is 11.3 Å². The number of thiazole rings is 1. The maximum absolute atomic E-state index is 12.1. The summed E-state index contributed by atoms with van der Waals surface area (Å²) in [6.45, 7) is 2.58. The molecule has 2 aromatic rings. The fraction of sp³-hybridized carbons (Fsp3) is 0.231. The molecule has 0 saturated carbocycles. The molecule has 0 aliphatic heterocycles. The van der Waals surface area contributed by atoms with Crippen LogP contribution in [-0.4, -0.2) is 22.8 Å². The minimum Gasteiger partial charge on any atom is -0.337 e. The lowest BCUT2D eigenvalue weighted by Crippen LogP contribution is -2.25. The van der Waals surface area contributed by atoms with Crippen molar-refractivity contribution in [2.45, 2.75) is 13.5 Å². The smallest absolute Gasteiger partial charge is 0.253 e. The number of carbonyl (C=O) groups excluding carboxylic acids is 1. The fourth-order valence-corrected chi connectivity index (χ4v) is 2.43. The maximum atomic E-state index is 12.1. The molecule has 1 amide bonds.